The molecule has 0 saturated carbocycles. The first kappa shape index (κ1) is 16.5. The molecule has 1 saturated heterocycles. The molecule has 2 heterocycles. The van der Waals surface area contributed by atoms with Crippen molar-refractivity contribution in [1.29, 1.82) is 0 Å². The van der Waals surface area contributed by atoms with Gasteiger partial charge in [-0.25, -0.2) is 4.68 Å². The van der Waals surface area contributed by atoms with E-state index in [1.165, 1.54) is 4.68 Å². The van der Waals surface area contributed by atoms with Crippen LogP contribution in [0, 0.1) is 5.92 Å². The van der Waals surface area contributed by atoms with Gasteiger partial charge in [0, 0.05) is 37.8 Å². The highest BCUT2D eigenvalue weighted by atomic mass is 35.5. The normalized spacial score (nSPS) is 17.1. The van der Waals surface area contributed by atoms with E-state index in [1.807, 2.05) is 29.2 Å². The number of aromatic nitrogens is 2. The number of carbonyl (C=O) groups is 1. The molecule has 1 aliphatic heterocycles. The van der Waals surface area contributed by atoms with E-state index in [0.29, 0.717) is 18.1 Å². The zero-order chi connectivity index (χ0) is 17.1. The number of nitrogens with one attached hydrogen (secondary N) is 1. The van der Waals surface area contributed by atoms with Crippen molar-refractivity contribution in [3.8, 4) is 0 Å². The summed E-state index contributed by atoms with van der Waals surface area (Å²) in [5.74, 6) is -0.0504. The minimum absolute atomic E-state index is 0.0317. The van der Waals surface area contributed by atoms with Crippen molar-refractivity contribution in [2.24, 2.45) is 13.0 Å². The third-order valence-electron chi connectivity index (χ3n) is 4.26. The zero-order valence-electron chi connectivity index (χ0n) is 13.4. The van der Waals surface area contributed by atoms with Gasteiger partial charge >= 0.3 is 0 Å². The first-order valence-electron chi connectivity index (χ1n) is 7.83. The Morgan fingerprint density at radius 1 is 1.38 bits per heavy atom. The van der Waals surface area contributed by atoms with Crippen molar-refractivity contribution in [3.63, 3.8) is 0 Å². The summed E-state index contributed by atoms with van der Waals surface area (Å²) >= 11 is 5.85. The maximum atomic E-state index is 12.3. The Labute approximate surface area is 145 Å². The van der Waals surface area contributed by atoms with Crippen LogP contribution >= 0.6 is 11.6 Å². The SMILES string of the molecule is Cn1ncc(N2CCC(C(=O)NCc3ccc(Cl)cc3)C2)cc1=O. The molecule has 1 fully saturated rings. The van der Waals surface area contributed by atoms with Crippen molar-refractivity contribution in [2.75, 3.05) is 18.0 Å². The molecule has 0 radical (unpaired) electrons. The molecule has 7 heteroatoms. The number of hydrogen-bond acceptors (Lipinski definition) is 4. The van der Waals surface area contributed by atoms with Gasteiger partial charge in [-0.3, -0.25) is 9.59 Å². The van der Waals surface area contributed by atoms with Gasteiger partial charge in [-0.1, -0.05) is 23.7 Å². The van der Waals surface area contributed by atoms with Gasteiger partial charge in [0.1, 0.15) is 0 Å². The molecular weight excluding hydrogens is 328 g/mol. The summed E-state index contributed by atoms with van der Waals surface area (Å²) < 4.78 is 1.29. The van der Waals surface area contributed by atoms with Crippen LogP contribution in [0.25, 0.3) is 0 Å². The van der Waals surface area contributed by atoms with Gasteiger partial charge in [0.15, 0.2) is 0 Å². The van der Waals surface area contributed by atoms with Crippen molar-refractivity contribution in [1.82, 2.24) is 15.1 Å². The minimum atomic E-state index is -0.150. The lowest BCUT2D eigenvalue weighted by Gasteiger charge is -2.18. The van der Waals surface area contributed by atoms with Crippen LogP contribution in [0.1, 0.15) is 12.0 Å². The van der Waals surface area contributed by atoms with Crippen LogP contribution in [0.5, 0.6) is 0 Å². The predicted octanol–water partition coefficient (Wildman–Crippen LogP) is 1.58. The lowest BCUT2D eigenvalue weighted by atomic mass is 10.1. The van der Waals surface area contributed by atoms with E-state index in [4.69, 9.17) is 11.6 Å². The highest BCUT2D eigenvalue weighted by Gasteiger charge is 2.28. The average Bonchev–Trinajstić information content (AvgIpc) is 3.07. The fourth-order valence-corrected chi connectivity index (χ4v) is 2.90. The number of amides is 1. The van der Waals surface area contributed by atoms with Crippen molar-refractivity contribution >= 4 is 23.2 Å². The number of nitrogens with zero attached hydrogens (tertiary/aromatic N) is 3. The summed E-state index contributed by atoms with van der Waals surface area (Å²) in [4.78, 5) is 26.0. The number of anilines is 1. The first-order chi connectivity index (χ1) is 11.5. The Morgan fingerprint density at radius 2 is 2.12 bits per heavy atom. The van der Waals surface area contributed by atoms with E-state index in [9.17, 15) is 9.59 Å². The summed E-state index contributed by atoms with van der Waals surface area (Å²) in [6.45, 7) is 1.83. The first-order valence-corrected chi connectivity index (χ1v) is 8.21. The lowest BCUT2D eigenvalue weighted by Crippen LogP contribution is -2.32. The molecule has 1 aromatic heterocycles. The van der Waals surface area contributed by atoms with Gasteiger partial charge in [0.25, 0.3) is 5.56 Å². The molecule has 1 N–H and O–H groups in total. The number of rotatable bonds is 4. The summed E-state index contributed by atoms with van der Waals surface area (Å²) in [6.07, 6.45) is 2.43. The van der Waals surface area contributed by atoms with Gasteiger partial charge < -0.3 is 10.2 Å². The molecule has 1 atom stereocenters. The average molecular weight is 347 g/mol. The number of aryl methyl sites for hydroxylation is 1. The summed E-state index contributed by atoms with van der Waals surface area (Å²) in [5, 5.41) is 7.67. The second-order valence-electron chi connectivity index (χ2n) is 5.95. The number of carbonyl (C=O) groups excluding carboxylic acids is 1. The smallest absolute Gasteiger partial charge is 0.268 e. The van der Waals surface area contributed by atoms with Crippen LogP contribution in [-0.2, 0) is 18.4 Å². The van der Waals surface area contributed by atoms with Gasteiger partial charge in [0.2, 0.25) is 5.91 Å². The van der Waals surface area contributed by atoms with Crippen LogP contribution in [0.4, 0.5) is 5.69 Å². The number of benzene rings is 1. The molecule has 24 heavy (non-hydrogen) atoms. The molecule has 0 aliphatic carbocycles. The molecule has 1 unspecified atom stereocenters. The second kappa shape index (κ2) is 7.05. The standard InChI is InChI=1S/C17H19ClN4O2/c1-21-16(23)8-15(10-20-21)22-7-6-13(11-22)17(24)19-9-12-2-4-14(18)5-3-12/h2-5,8,10,13H,6-7,9,11H2,1H3,(H,19,24). The van der Waals surface area contributed by atoms with Crippen LogP contribution in [0.15, 0.2) is 41.3 Å². The predicted molar refractivity (Wildman–Crippen MR) is 93.1 cm³/mol. The Morgan fingerprint density at radius 3 is 2.83 bits per heavy atom. The van der Waals surface area contributed by atoms with E-state index in [1.54, 1.807) is 19.3 Å². The Bertz CT molecular complexity index is 788. The fourth-order valence-electron chi connectivity index (χ4n) is 2.78. The molecule has 0 bridgehead atoms. The largest absolute Gasteiger partial charge is 0.369 e. The molecule has 1 aliphatic rings. The molecule has 0 spiro atoms. The molecule has 1 aromatic carbocycles. The Hall–Kier alpha value is -2.34. The Kier molecular flexibility index (Phi) is 4.85. The Balaban J connectivity index is 1.56. The molecule has 2 aromatic rings. The third kappa shape index (κ3) is 3.76. The van der Waals surface area contributed by atoms with Crippen molar-refractivity contribution < 1.29 is 4.79 Å². The van der Waals surface area contributed by atoms with E-state index >= 15 is 0 Å². The van der Waals surface area contributed by atoms with E-state index in [0.717, 1.165) is 24.2 Å². The molecule has 1 amide bonds. The van der Waals surface area contributed by atoms with Crippen LogP contribution in [0.3, 0.4) is 0 Å². The van der Waals surface area contributed by atoms with Gasteiger partial charge in [0.05, 0.1) is 17.8 Å². The zero-order valence-corrected chi connectivity index (χ0v) is 14.2. The number of hydrogen-bond donors (Lipinski definition) is 1. The highest BCUT2D eigenvalue weighted by molar-refractivity contribution is 6.30. The van der Waals surface area contributed by atoms with Gasteiger partial charge in [-0.15, -0.1) is 0 Å². The topological polar surface area (TPSA) is 67.2 Å². The number of halogens is 1. The minimum Gasteiger partial charge on any atom is -0.369 e. The van der Waals surface area contributed by atoms with Crippen LogP contribution in [-0.4, -0.2) is 28.8 Å². The lowest BCUT2D eigenvalue weighted by molar-refractivity contribution is -0.124. The monoisotopic (exact) mass is 346 g/mol. The maximum Gasteiger partial charge on any atom is 0.268 e. The molecule has 126 valence electrons. The van der Waals surface area contributed by atoms with E-state index in [2.05, 4.69) is 10.4 Å². The van der Waals surface area contributed by atoms with Gasteiger partial charge in [-0.05, 0) is 24.1 Å². The van der Waals surface area contributed by atoms with Crippen molar-refractivity contribution in [3.05, 3.63) is 57.5 Å². The third-order valence-corrected chi connectivity index (χ3v) is 4.51. The summed E-state index contributed by atoms with van der Waals surface area (Å²) in [6, 6.07) is 8.97. The fraction of sp³-hybridized carbons (Fsp3) is 0.353. The van der Waals surface area contributed by atoms with E-state index in [-0.39, 0.29) is 17.4 Å². The van der Waals surface area contributed by atoms with E-state index < -0.39 is 0 Å². The van der Waals surface area contributed by atoms with Crippen molar-refractivity contribution in [2.45, 2.75) is 13.0 Å². The second-order valence-corrected chi connectivity index (χ2v) is 6.39. The van der Waals surface area contributed by atoms with Crippen LogP contribution in [0.2, 0.25) is 5.02 Å². The summed E-state index contributed by atoms with van der Waals surface area (Å²) in [7, 11) is 1.61. The molecule has 3 rings (SSSR count). The van der Waals surface area contributed by atoms with Crippen LogP contribution < -0.4 is 15.8 Å². The maximum absolute atomic E-state index is 12.3. The summed E-state index contributed by atoms with van der Waals surface area (Å²) in [5.41, 5.74) is 1.63. The quantitative estimate of drug-likeness (QED) is 0.912. The molecular formula is C17H19ClN4O2. The van der Waals surface area contributed by atoms with Gasteiger partial charge in [-0.2, -0.15) is 5.10 Å². The molecule has 6 nitrogen and oxygen atoms in total. The highest BCUT2D eigenvalue weighted by Crippen LogP contribution is 2.22.